The number of anilines is 2. The van der Waals surface area contributed by atoms with E-state index in [4.69, 9.17) is 9.47 Å². The quantitative estimate of drug-likeness (QED) is 0.619. The number of rotatable bonds is 7. The lowest BCUT2D eigenvalue weighted by molar-refractivity contribution is 0.174. The van der Waals surface area contributed by atoms with Gasteiger partial charge in [-0.15, -0.1) is 6.58 Å². The van der Waals surface area contributed by atoms with Crippen LogP contribution in [0.3, 0.4) is 0 Å². The fraction of sp³-hybridized carbons (Fsp3) is 0.143. The number of aromatic nitrogens is 2. The lowest BCUT2D eigenvalue weighted by Crippen LogP contribution is -2.08. The van der Waals surface area contributed by atoms with Crippen LogP contribution in [0.2, 0.25) is 0 Å². The van der Waals surface area contributed by atoms with Crippen molar-refractivity contribution in [2.24, 2.45) is 0 Å². The standard InChI is InChI=1S/C21H20N4O2/c1-2-10-22-21-24-17(16-6-4-3-5-7-16)12-20(25-21)23-13-15-8-9-18-19(11-15)27-14-26-18/h2-9,11-12H,1,10,13-14H2,(H2,22,23,24,25). The summed E-state index contributed by atoms with van der Waals surface area (Å²) in [6.07, 6.45) is 1.78. The fourth-order valence-electron chi connectivity index (χ4n) is 2.78. The van der Waals surface area contributed by atoms with Crippen molar-refractivity contribution in [1.29, 1.82) is 0 Å². The molecule has 0 amide bonds. The van der Waals surface area contributed by atoms with Gasteiger partial charge in [0.2, 0.25) is 12.7 Å². The van der Waals surface area contributed by atoms with Gasteiger partial charge >= 0.3 is 0 Å². The minimum atomic E-state index is 0.275. The average Bonchev–Trinajstić information content (AvgIpc) is 3.19. The Morgan fingerprint density at radius 1 is 0.963 bits per heavy atom. The summed E-state index contributed by atoms with van der Waals surface area (Å²) in [5, 5.41) is 6.53. The number of hydrogen-bond acceptors (Lipinski definition) is 6. The molecule has 27 heavy (non-hydrogen) atoms. The Kier molecular flexibility index (Phi) is 4.87. The predicted molar refractivity (Wildman–Crippen MR) is 106 cm³/mol. The lowest BCUT2D eigenvalue weighted by atomic mass is 10.1. The van der Waals surface area contributed by atoms with Crippen LogP contribution < -0.4 is 20.1 Å². The molecule has 2 aromatic carbocycles. The zero-order valence-corrected chi connectivity index (χ0v) is 14.8. The van der Waals surface area contributed by atoms with E-state index in [0.29, 0.717) is 19.0 Å². The molecule has 6 nitrogen and oxygen atoms in total. The van der Waals surface area contributed by atoms with Gasteiger partial charge in [0.15, 0.2) is 11.5 Å². The summed E-state index contributed by atoms with van der Waals surface area (Å²) in [6.45, 7) is 5.21. The molecule has 3 aromatic rings. The molecule has 2 N–H and O–H groups in total. The minimum absolute atomic E-state index is 0.275. The second-order valence-corrected chi connectivity index (χ2v) is 6.04. The molecule has 0 atom stereocenters. The van der Waals surface area contributed by atoms with Gasteiger partial charge in [0.05, 0.1) is 5.69 Å². The summed E-state index contributed by atoms with van der Waals surface area (Å²) >= 11 is 0. The highest BCUT2D eigenvalue weighted by Crippen LogP contribution is 2.32. The summed E-state index contributed by atoms with van der Waals surface area (Å²) in [6, 6.07) is 17.9. The number of nitrogens with zero attached hydrogens (tertiary/aromatic N) is 2. The summed E-state index contributed by atoms with van der Waals surface area (Å²) in [7, 11) is 0. The first-order valence-electron chi connectivity index (χ1n) is 8.73. The maximum absolute atomic E-state index is 5.44. The van der Waals surface area contributed by atoms with Crippen molar-refractivity contribution in [1.82, 2.24) is 9.97 Å². The maximum atomic E-state index is 5.44. The predicted octanol–water partition coefficient (Wildman–Crippen LogP) is 4.08. The van der Waals surface area contributed by atoms with Crippen molar-refractivity contribution >= 4 is 11.8 Å². The van der Waals surface area contributed by atoms with Gasteiger partial charge in [-0.2, -0.15) is 4.98 Å². The Morgan fingerprint density at radius 3 is 2.67 bits per heavy atom. The van der Waals surface area contributed by atoms with Gasteiger partial charge in [-0.25, -0.2) is 4.98 Å². The van der Waals surface area contributed by atoms with Crippen molar-refractivity contribution in [3.63, 3.8) is 0 Å². The molecule has 0 saturated carbocycles. The summed E-state index contributed by atoms with van der Waals surface area (Å²) < 4.78 is 10.8. The Labute approximate surface area is 157 Å². The van der Waals surface area contributed by atoms with Gasteiger partial charge in [0, 0.05) is 24.7 Å². The van der Waals surface area contributed by atoms with Crippen LogP contribution in [-0.2, 0) is 6.54 Å². The molecule has 0 unspecified atom stereocenters. The summed E-state index contributed by atoms with van der Waals surface area (Å²) in [5.74, 6) is 2.86. The van der Waals surface area contributed by atoms with Crippen LogP contribution in [-0.4, -0.2) is 23.3 Å². The second-order valence-electron chi connectivity index (χ2n) is 6.04. The molecule has 0 fully saturated rings. The van der Waals surface area contributed by atoms with Crippen LogP contribution in [0, 0.1) is 0 Å². The molecule has 136 valence electrons. The molecule has 0 radical (unpaired) electrons. The lowest BCUT2D eigenvalue weighted by Gasteiger charge is -2.11. The summed E-state index contributed by atoms with van der Waals surface area (Å²) in [4.78, 5) is 9.14. The van der Waals surface area contributed by atoms with Crippen LogP contribution >= 0.6 is 0 Å². The Morgan fingerprint density at radius 2 is 1.81 bits per heavy atom. The first kappa shape index (κ1) is 16.9. The third kappa shape index (κ3) is 4.00. The van der Waals surface area contributed by atoms with Crippen molar-refractivity contribution < 1.29 is 9.47 Å². The van der Waals surface area contributed by atoms with Crippen LogP contribution in [0.5, 0.6) is 11.5 Å². The van der Waals surface area contributed by atoms with Gasteiger partial charge in [0.25, 0.3) is 0 Å². The molecule has 4 rings (SSSR count). The SMILES string of the molecule is C=CCNc1nc(NCc2ccc3c(c2)OCO3)cc(-c2ccccc2)n1. The number of fused-ring (bicyclic) bond motifs is 1. The monoisotopic (exact) mass is 360 g/mol. The van der Waals surface area contributed by atoms with E-state index >= 15 is 0 Å². The maximum Gasteiger partial charge on any atom is 0.231 e. The highest BCUT2D eigenvalue weighted by molar-refractivity contribution is 5.64. The van der Waals surface area contributed by atoms with Gasteiger partial charge in [0.1, 0.15) is 5.82 Å². The normalized spacial score (nSPS) is 11.9. The number of benzene rings is 2. The molecule has 0 saturated heterocycles. The fourth-order valence-corrected chi connectivity index (χ4v) is 2.78. The van der Waals surface area contributed by atoms with Crippen LogP contribution in [0.25, 0.3) is 11.3 Å². The van der Waals surface area contributed by atoms with E-state index in [9.17, 15) is 0 Å². The average molecular weight is 360 g/mol. The molecular weight excluding hydrogens is 340 g/mol. The third-order valence-corrected chi connectivity index (χ3v) is 4.11. The largest absolute Gasteiger partial charge is 0.454 e. The Bertz CT molecular complexity index is 944. The molecule has 6 heteroatoms. The third-order valence-electron chi connectivity index (χ3n) is 4.11. The molecule has 0 aliphatic carbocycles. The number of ether oxygens (including phenoxy) is 2. The van der Waals surface area contributed by atoms with Gasteiger partial charge in [-0.05, 0) is 17.7 Å². The van der Waals surface area contributed by atoms with E-state index in [2.05, 4.69) is 27.2 Å². The second kappa shape index (κ2) is 7.78. The van der Waals surface area contributed by atoms with Gasteiger partial charge in [-0.3, -0.25) is 0 Å². The molecule has 1 aromatic heterocycles. The highest BCUT2D eigenvalue weighted by atomic mass is 16.7. The molecule has 1 aliphatic rings. The van der Waals surface area contributed by atoms with Crippen molar-refractivity contribution in [3.8, 4) is 22.8 Å². The highest BCUT2D eigenvalue weighted by Gasteiger charge is 2.13. The zero-order valence-electron chi connectivity index (χ0n) is 14.8. The summed E-state index contributed by atoms with van der Waals surface area (Å²) in [5.41, 5.74) is 2.97. The van der Waals surface area contributed by atoms with Crippen LogP contribution in [0.1, 0.15) is 5.56 Å². The van der Waals surface area contributed by atoms with Crippen molar-refractivity contribution in [2.45, 2.75) is 6.54 Å². The Hall–Kier alpha value is -3.54. The van der Waals surface area contributed by atoms with E-state index in [1.807, 2.05) is 54.6 Å². The number of nitrogens with one attached hydrogen (secondary N) is 2. The van der Waals surface area contributed by atoms with Crippen molar-refractivity contribution in [2.75, 3.05) is 24.0 Å². The van der Waals surface area contributed by atoms with E-state index in [1.54, 1.807) is 6.08 Å². The van der Waals surface area contributed by atoms with Gasteiger partial charge in [-0.1, -0.05) is 42.5 Å². The van der Waals surface area contributed by atoms with E-state index in [1.165, 1.54) is 0 Å². The van der Waals surface area contributed by atoms with E-state index in [0.717, 1.165) is 34.1 Å². The van der Waals surface area contributed by atoms with Crippen molar-refractivity contribution in [3.05, 3.63) is 72.8 Å². The molecule has 0 spiro atoms. The zero-order chi connectivity index (χ0) is 18.5. The Balaban J connectivity index is 1.56. The first-order valence-corrected chi connectivity index (χ1v) is 8.73. The number of hydrogen-bond donors (Lipinski definition) is 2. The molecule has 0 bridgehead atoms. The molecule has 1 aliphatic heterocycles. The smallest absolute Gasteiger partial charge is 0.231 e. The topological polar surface area (TPSA) is 68.3 Å². The van der Waals surface area contributed by atoms with Gasteiger partial charge < -0.3 is 20.1 Å². The van der Waals surface area contributed by atoms with Crippen LogP contribution in [0.4, 0.5) is 11.8 Å². The van der Waals surface area contributed by atoms with E-state index < -0.39 is 0 Å². The first-order chi connectivity index (χ1) is 13.3. The molecule has 2 heterocycles. The minimum Gasteiger partial charge on any atom is -0.454 e. The molecular formula is C21H20N4O2. The van der Waals surface area contributed by atoms with E-state index in [-0.39, 0.29) is 6.79 Å². The van der Waals surface area contributed by atoms with Crippen LogP contribution in [0.15, 0.2) is 67.3 Å².